The number of amides is 1. The normalized spacial score (nSPS) is 18.2. The Morgan fingerprint density at radius 2 is 1.86 bits per heavy atom. The van der Waals surface area contributed by atoms with E-state index in [1.807, 2.05) is 40.8 Å². The molecule has 0 spiro atoms. The number of carbonyl (C=O) groups excluding carboxylic acids is 1. The standard InChI is InChI=1S/C32H42N2O3/c1-7-13-29(33(6)27-18-16-26(17-19-27)25-14-11-9-10-12-15-25)28(8-2)32(24-35)20-22-34(23-21-32)30(36)37-31(3,4)5/h7-11,13-19,35H,1,12,20-24H2,2-6H3/b28-8+,29-13+. The second kappa shape index (κ2) is 12.3. The highest BCUT2D eigenvalue weighted by molar-refractivity contribution is 5.76. The Bertz CT molecular complexity index is 1110. The Morgan fingerprint density at radius 3 is 2.43 bits per heavy atom. The number of nitrogens with zero attached hydrogens (tertiary/aromatic N) is 2. The van der Waals surface area contributed by atoms with Crippen LogP contribution in [0.2, 0.25) is 0 Å². The van der Waals surface area contributed by atoms with Gasteiger partial charge in [-0.15, -0.1) is 0 Å². The number of allylic oxidation sites excluding steroid dienone is 10. The monoisotopic (exact) mass is 502 g/mol. The summed E-state index contributed by atoms with van der Waals surface area (Å²) < 4.78 is 5.57. The van der Waals surface area contributed by atoms with Gasteiger partial charge in [0.15, 0.2) is 0 Å². The molecule has 1 amide bonds. The topological polar surface area (TPSA) is 53.0 Å². The maximum atomic E-state index is 12.6. The van der Waals surface area contributed by atoms with Crippen LogP contribution in [0.5, 0.6) is 0 Å². The summed E-state index contributed by atoms with van der Waals surface area (Å²) in [4.78, 5) is 16.5. The molecule has 0 radical (unpaired) electrons. The van der Waals surface area contributed by atoms with Crippen molar-refractivity contribution in [3.8, 4) is 0 Å². The predicted molar refractivity (Wildman–Crippen MR) is 154 cm³/mol. The lowest BCUT2D eigenvalue weighted by Gasteiger charge is -2.44. The van der Waals surface area contributed by atoms with Gasteiger partial charge in [0, 0.05) is 36.9 Å². The van der Waals surface area contributed by atoms with E-state index < -0.39 is 11.0 Å². The van der Waals surface area contributed by atoms with Crippen LogP contribution in [-0.4, -0.2) is 48.4 Å². The molecule has 5 nitrogen and oxygen atoms in total. The fourth-order valence-corrected chi connectivity index (χ4v) is 4.99. The highest BCUT2D eigenvalue weighted by Gasteiger charge is 2.41. The first-order chi connectivity index (χ1) is 17.6. The molecule has 1 heterocycles. The third-order valence-electron chi connectivity index (χ3n) is 7.03. The summed E-state index contributed by atoms with van der Waals surface area (Å²) in [5.74, 6) is 0. The largest absolute Gasteiger partial charge is 0.444 e. The lowest BCUT2D eigenvalue weighted by atomic mass is 9.71. The van der Waals surface area contributed by atoms with Crippen molar-refractivity contribution in [1.82, 2.24) is 4.90 Å². The molecule has 1 saturated heterocycles. The van der Waals surface area contributed by atoms with Gasteiger partial charge >= 0.3 is 6.09 Å². The van der Waals surface area contributed by atoms with Crippen LogP contribution >= 0.6 is 0 Å². The van der Waals surface area contributed by atoms with Crippen LogP contribution in [0.4, 0.5) is 10.5 Å². The molecule has 198 valence electrons. The summed E-state index contributed by atoms with van der Waals surface area (Å²) in [6, 6.07) is 8.55. The highest BCUT2D eigenvalue weighted by Crippen LogP contribution is 2.43. The van der Waals surface area contributed by atoms with E-state index in [2.05, 4.69) is 72.2 Å². The van der Waals surface area contributed by atoms with E-state index in [0.29, 0.717) is 25.9 Å². The fourth-order valence-electron chi connectivity index (χ4n) is 4.99. The Balaban J connectivity index is 1.82. The maximum Gasteiger partial charge on any atom is 0.410 e. The van der Waals surface area contributed by atoms with Crippen molar-refractivity contribution in [3.05, 3.63) is 96.3 Å². The SMILES string of the molecule is C=C/C=C(\C(=C/C)C1(CO)CCN(C(=O)OC(C)(C)C)CC1)N(C)c1ccc(C2=CCC=CC=C2)cc1. The second-order valence-corrected chi connectivity index (χ2v) is 10.7. The number of piperidine rings is 1. The number of rotatable bonds is 7. The average Bonchev–Trinajstić information content (AvgIpc) is 3.17. The van der Waals surface area contributed by atoms with E-state index in [0.717, 1.165) is 23.4 Å². The molecule has 5 heteroatoms. The van der Waals surface area contributed by atoms with E-state index in [-0.39, 0.29) is 12.7 Å². The molecule has 1 N–H and O–H groups in total. The zero-order chi connectivity index (χ0) is 27.1. The van der Waals surface area contributed by atoms with E-state index in [1.165, 1.54) is 11.1 Å². The zero-order valence-corrected chi connectivity index (χ0v) is 23.0. The summed E-state index contributed by atoms with van der Waals surface area (Å²) in [6.07, 6.45) is 18.5. The summed E-state index contributed by atoms with van der Waals surface area (Å²) in [7, 11) is 2.05. The van der Waals surface area contributed by atoms with Gasteiger partial charge in [0.25, 0.3) is 0 Å². The first-order valence-electron chi connectivity index (χ1n) is 13.1. The van der Waals surface area contributed by atoms with Gasteiger partial charge in [0.2, 0.25) is 0 Å². The van der Waals surface area contributed by atoms with Crippen LogP contribution < -0.4 is 4.90 Å². The van der Waals surface area contributed by atoms with Gasteiger partial charge in [-0.2, -0.15) is 0 Å². The molecule has 2 aliphatic rings. The smallest absolute Gasteiger partial charge is 0.410 e. The Morgan fingerprint density at radius 1 is 1.19 bits per heavy atom. The number of ether oxygens (including phenoxy) is 1. The van der Waals surface area contributed by atoms with Crippen molar-refractivity contribution >= 4 is 17.4 Å². The molecule has 37 heavy (non-hydrogen) atoms. The van der Waals surface area contributed by atoms with Crippen molar-refractivity contribution in [2.24, 2.45) is 5.41 Å². The minimum Gasteiger partial charge on any atom is -0.444 e. The van der Waals surface area contributed by atoms with Gasteiger partial charge in [-0.25, -0.2) is 4.79 Å². The Labute approximate surface area is 222 Å². The number of aliphatic hydroxyl groups excluding tert-OH is 1. The van der Waals surface area contributed by atoms with E-state index in [4.69, 9.17) is 4.74 Å². The number of likely N-dealkylation sites (N-methyl/N-ethyl adjacent to an activating group) is 1. The van der Waals surface area contributed by atoms with Crippen molar-refractivity contribution < 1.29 is 14.6 Å². The molecule has 1 fully saturated rings. The van der Waals surface area contributed by atoms with Crippen LogP contribution in [0.3, 0.4) is 0 Å². The maximum absolute atomic E-state index is 12.6. The van der Waals surface area contributed by atoms with Crippen LogP contribution in [-0.2, 0) is 4.74 Å². The molecule has 3 rings (SSSR count). The zero-order valence-electron chi connectivity index (χ0n) is 23.0. The predicted octanol–water partition coefficient (Wildman–Crippen LogP) is 7.05. The number of carbonyl (C=O) groups is 1. The summed E-state index contributed by atoms with van der Waals surface area (Å²) >= 11 is 0. The quantitative estimate of drug-likeness (QED) is 0.406. The number of benzene rings is 1. The molecule has 0 atom stereocenters. The molecule has 1 aliphatic carbocycles. The first-order valence-corrected chi connectivity index (χ1v) is 13.1. The van der Waals surface area contributed by atoms with Crippen LogP contribution in [0.15, 0.2) is 90.7 Å². The summed E-state index contributed by atoms with van der Waals surface area (Å²) in [6.45, 7) is 12.7. The van der Waals surface area contributed by atoms with Crippen molar-refractivity contribution in [2.75, 3.05) is 31.6 Å². The molecular formula is C32H42N2O3. The molecule has 0 aromatic heterocycles. The molecule has 1 aromatic carbocycles. The number of hydrogen-bond donors (Lipinski definition) is 1. The molecule has 0 bridgehead atoms. The van der Waals surface area contributed by atoms with Gasteiger partial charge in [-0.3, -0.25) is 0 Å². The molecule has 0 unspecified atom stereocenters. The lowest BCUT2D eigenvalue weighted by Crippen LogP contribution is -2.47. The highest BCUT2D eigenvalue weighted by atomic mass is 16.6. The van der Waals surface area contributed by atoms with Crippen molar-refractivity contribution in [2.45, 2.75) is 52.6 Å². The molecule has 0 saturated carbocycles. The third kappa shape index (κ3) is 6.92. The minimum absolute atomic E-state index is 0.00458. The third-order valence-corrected chi connectivity index (χ3v) is 7.03. The number of hydrogen-bond acceptors (Lipinski definition) is 4. The van der Waals surface area contributed by atoms with E-state index >= 15 is 0 Å². The van der Waals surface area contributed by atoms with E-state index in [1.54, 1.807) is 11.0 Å². The lowest BCUT2D eigenvalue weighted by molar-refractivity contribution is 0.00719. The van der Waals surface area contributed by atoms with Crippen molar-refractivity contribution in [3.63, 3.8) is 0 Å². The summed E-state index contributed by atoms with van der Waals surface area (Å²) in [5, 5.41) is 10.7. The first kappa shape index (κ1) is 28.3. The number of anilines is 1. The molecule has 1 aromatic rings. The van der Waals surface area contributed by atoms with Gasteiger partial charge in [0.05, 0.1) is 6.61 Å². The van der Waals surface area contributed by atoms with E-state index in [9.17, 15) is 9.90 Å². The van der Waals surface area contributed by atoms with Crippen LogP contribution in [0.1, 0.15) is 52.5 Å². The minimum atomic E-state index is -0.533. The Hall–Kier alpha value is -3.31. The number of aliphatic hydroxyl groups is 1. The fraction of sp³-hybridized carbons (Fsp3) is 0.406. The Kier molecular flexibility index (Phi) is 9.39. The molecular weight excluding hydrogens is 460 g/mol. The average molecular weight is 503 g/mol. The van der Waals surface area contributed by atoms with Crippen LogP contribution in [0, 0.1) is 5.41 Å². The molecule has 1 aliphatic heterocycles. The van der Waals surface area contributed by atoms with Crippen LogP contribution in [0.25, 0.3) is 5.57 Å². The van der Waals surface area contributed by atoms with Gasteiger partial charge < -0.3 is 19.6 Å². The van der Waals surface area contributed by atoms with Gasteiger partial charge in [-0.1, -0.05) is 61.2 Å². The van der Waals surface area contributed by atoms with Gasteiger partial charge in [0.1, 0.15) is 5.60 Å². The second-order valence-electron chi connectivity index (χ2n) is 10.7. The number of likely N-dealkylation sites (tertiary alicyclic amines) is 1. The van der Waals surface area contributed by atoms with Gasteiger partial charge in [-0.05, 0) is 81.9 Å². The van der Waals surface area contributed by atoms with Crippen molar-refractivity contribution in [1.29, 1.82) is 0 Å². The summed E-state index contributed by atoms with van der Waals surface area (Å²) in [5.41, 5.74) is 4.50.